The number of hydrogen-bond acceptors (Lipinski definition) is 4. The smallest absolute Gasteiger partial charge is 0.150 e. The SMILES string of the molecule is COc1ccc(Nc2cc(C=O)ccn2)cc1. The lowest BCUT2D eigenvalue weighted by Crippen LogP contribution is -1.94. The fourth-order valence-electron chi connectivity index (χ4n) is 1.41. The number of benzene rings is 1. The number of anilines is 2. The van der Waals surface area contributed by atoms with Crippen LogP contribution in [0.4, 0.5) is 11.5 Å². The van der Waals surface area contributed by atoms with Crippen molar-refractivity contribution in [3.63, 3.8) is 0 Å². The Hall–Kier alpha value is -2.36. The van der Waals surface area contributed by atoms with Crippen LogP contribution in [0.15, 0.2) is 42.6 Å². The van der Waals surface area contributed by atoms with E-state index in [-0.39, 0.29) is 0 Å². The molecular formula is C13H12N2O2. The number of rotatable bonds is 4. The molecule has 0 saturated heterocycles. The molecule has 0 aliphatic heterocycles. The zero-order chi connectivity index (χ0) is 12.1. The van der Waals surface area contributed by atoms with Crippen LogP contribution >= 0.6 is 0 Å². The monoisotopic (exact) mass is 228 g/mol. The van der Waals surface area contributed by atoms with Gasteiger partial charge in [-0.2, -0.15) is 0 Å². The lowest BCUT2D eigenvalue weighted by molar-refractivity contribution is 0.112. The van der Waals surface area contributed by atoms with Crippen LogP contribution in [0.2, 0.25) is 0 Å². The Bertz CT molecular complexity index is 509. The van der Waals surface area contributed by atoms with Gasteiger partial charge in [-0.05, 0) is 36.4 Å². The zero-order valence-corrected chi connectivity index (χ0v) is 9.38. The number of carbonyl (C=O) groups excluding carboxylic acids is 1. The Morgan fingerprint density at radius 3 is 2.65 bits per heavy atom. The minimum atomic E-state index is 0.594. The third-order valence-corrected chi connectivity index (χ3v) is 2.28. The molecular weight excluding hydrogens is 216 g/mol. The molecule has 1 N–H and O–H groups in total. The molecule has 4 heteroatoms. The number of aromatic nitrogens is 1. The van der Waals surface area contributed by atoms with Crippen molar-refractivity contribution >= 4 is 17.8 Å². The third-order valence-electron chi connectivity index (χ3n) is 2.28. The van der Waals surface area contributed by atoms with Gasteiger partial charge < -0.3 is 10.1 Å². The van der Waals surface area contributed by atoms with E-state index >= 15 is 0 Å². The molecule has 0 spiro atoms. The van der Waals surface area contributed by atoms with Crippen molar-refractivity contribution in [2.24, 2.45) is 0 Å². The molecule has 0 saturated carbocycles. The molecule has 1 aromatic heterocycles. The Morgan fingerprint density at radius 2 is 2.00 bits per heavy atom. The number of ether oxygens (including phenoxy) is 1. The van der Waals surface area contributed by atoms with Crippen molar-refractivity contribution in [3.05, 3.63) is 48.2 Å². The molecule has 0 atom stereocenters. The first-order chi connectivity index (χ1) is 8.31. The molecule has 0 bridgehead atoms. The van der Waals surface area contributed by atoms with Gasteiger partial charge in [-0.1, -0.05) is 0 Å². The van der Waals surface area contributed by atoms with Gasteiger partial charge in [0.15, 0.2) is 0 Å². The molecule has 4 nitrogen and oxygen atoms in total. The first-order valence-electron chi connectivity index (χ1n) is 5.14. The summed E-state index contributed by atoms with van der Waals surface area (Å²) in [5.41, 5.74) is 1.48. The van der Waals surface area contributed by atoms with E-state index in [1.807, 2.05) is 24.3 Å². The number of carbonyl (C=O) groups is 1. The predicted octanol–water partition coefficient (Wildman–Crippen LogP) is 2.65. The van der Waals surface area contributed by atoms with Crippen LogP contribution in [0.25, 0.3) is 0 Å². The second kappa shape index (κ2) is 5.12. The molecule has 0 aliphatic rings. The Labute approximate surface area is 99.3 Å². The highest BCUT2D eigenvalue weighted by Crippen LogP contribution is 2.18. The number of nitrogens with one attached hydrogen (secondary N) is 1. The van der Waals surface area contributed by atoms with Crippen LogP contribution in [-0.4, -0.2) is 18.4 Å². The lowest BCUT2D eigenvalue weighted by atomic mass is 10.2. The van der Waals surface area contributed by atoms with Crippen LogP contribution in [0.5, 0.6) is 5.75 Å². The molecule has 1 aromatic carbocycles. The minimum Gasteiger partial charge on any atom is -0.497 e. The van der Waals surface area contributed by atoms with Gasteiger partial charge in [-0.3, -0.25) is 4.79 Å². The van der Waals surface area contributed by atoms with Gasteiger partial charge in [0.05, 0.1) is 7.11 Å². The maximum atomic E-state index is 10.6. The summed E-state index contributed by atoms with van der Waals surface area (Å²) in [6, 6.07) is 10.8. The van der Waals surface area contributed by atoms with Crippen LogP contribution in [0, 0.1) is 0 Å². The summed E-state index contributed by atoms with van der Waals surface area (Å²) in [6.07, 6.45) is 2.39. The molecule has 0 amide bonds. The highest BCUT2D eigenvalue weighted by atomic mass is 16.5. The van der Waals surface area contributed by atoms with Crippen LogP contribution < -0.4 is 10.1 Å². The van der Waals surface area contributed by atoms with E-state index < -0.39 is 0 Å². The van der Waals surface area contributed by atoms with Gasteiger partial charge in [-0.15, -0.1) is 0 Å². The number of methoxy groups -OCH3 is 1. The van der Waals surface area contributed by atoms with Crippen LogP contribution in [-0.2, 0) is 0 Å². The van der Waals surface area contributed by atoms with Gasteiger partial charge in [-0.25, -0.2) is 4.98 Å². The van der Waals surface area contributed by atoms with Gasteiger partial charge in [0.25, 0.3) is 0 Å². The molecule has 2 aromatic rings. The molecule has 17 heavy (non-hydrogen) atoms. The van der Waals surface area contributed by atoms with E-state index in [1.54, 1.807) is 25.4 Å². The maximum absolute atomic E-state index is 10.6. The van der Waals surface area contributed by atoms with Crippen molar-refractivity contribution in [2.45, 2.75) is 0 Å². The fraction of sp³-hybridized carbons (Fsp3) is 0.0769. The summed E-state index contributed by atoms with van der Waals surface area (Å²) < 4.78 is 5.07. The largest absolute Gasteiger partial charge is 0.497 e. The van der Waals surface area contributed by atoms with Crippen molar-refractivity contribution in [1.29, 1.82) is 0 Å². The van der Waals surface area contributed by atoms with Crippen molar-refractivity contribution in [1.82, 2.24) is 4.98 Å². The molecule has 0 unspecified atom stereocenters. The summed E-state index contributed by atoms with van der Waals surface area (Å²) >= 11 is 0. The van der Waals surface area contributed by atoms with Gasteiger partial charge in [0.2, 0.25) is 0 Å². The first-order valence-corrected chi connectivity index (χ1v) is 5.14. The van der Waals surface area contributed by atoms with E-state index in [0.29, 0.717) is 11.4 Å². The van der Waals surface area contributed by atoms with Crippen LogP contribution in [0.1, 0.15) is 10.4 Å². The van der Waals surface area contributed by atoms with Crippen molar-refractivity contribution in [2.75, 3.05) is 12.4 Å². The molecule has 0 aliphatic carbocycles. The summed E-state index contributed by atoms with van der Waals surface area (Å²) in [7, 11) is 1.62. The minimum absolute atomic E-state index is 0.594. The van der Waals surface area contributed by atoms with Crippen molar-refractivity contribution < 1.29 is 9.53 Å². The predicted molar refractivity (Wildman–Crippen MR) is 65.9 cm³/mol. The lowest BCUT2D eigenvalue weighted by Gasteiger charge is -2.06. The second-order valence-electron chi connectivity index (χ2n) is 3.45. The topological polar surface area (TPSA) is 51.2 Å². The molecule has 86 valence electrons. The van der Waals surface area contributed by atoms with Gasteiger partial charge in [0.1, 0.15) is 17.9 Å². The summed E-state index contributed by atoms with van der Waals surface area (Å²) in [5.74, 6) is 1.44. The zero-order valence-electron chi connectivity index (χ0n) is 9.38. The second-order valence-corrected chi connectivity index (χ2v) is 3.45. The summed E-state index contributed by atoms with van der Waals surface area (Å²) in [6.45, 7) is 0. The normalized spacial score (nSPS) is 9.71. The number of aldehydes is 1. The maximum Gasteiger partial charge on any atom is 0.150 e. The van der Waals surface area contributed by atoms with E-state index in [1.165, 1.54) is 0 Å². The Kier molecular flexibility index (Phi) is 3.35. The molecule has 0 fully saturated rings. The quantitative estimate of drug-likeness (QED) is 0.817. The van der Waals surface area contributed by atoms with E-state index in [9.17, 15) is 4.79 Å². The van der Waals surface area contributed by atoms with Gasteiger partial charge in [0, 0.05) is 17.4 Å². The first kappa shape index (κ1) is 11.1. The fourth-order valence-corrected chi connectivity index (χ4v) is 1.41. The number of hydrogen-bond donors (Lipinski definition) is 1. The molecule has 2 rings (SSSR count). The van der Waals surface area contributed by atoms with E-state index in [4.69, 9.17) is 4.74 Å². The summed E-state index contributed by atoms with van der Waals surface area (Å²) in [5, 5.41) is 3.10. The van der Waals surface area contributed by atoms with Crippen molar-refractivity contribution in [3.8, 4) is 5.75 Å². The van der Waals surface area contributed by atoms with Gasteiger partial charge >= 0.3 is 0 Å². The number of nitrogens with zero attached hydrogens (tertiary/aromatic N) is 1. The Morgan fingerprint density at radius 1 is 1.24 bits per heavy atom. The van der Waals surface area contributed by atoms with Crippen LogP contribution in [0.3, 0.4) is 0 Å². The summed E-state index contributed by atoms with van der Waals surface area (Å²) in [4.78, 5) is 14.7. The standard InChI is InChI=1S/C13H12N2O2/c1-17-12-4-2-11(3-5-12)15-13-8-10(9-16)6-7-14-13/h2-9H,1H3,(H,14,15). The van der Waals surface area contributed by atoms with E-state index in [2.05, 4.69) is 10.3 Å². The Balaban J connectivity index is 2.16. The third kappa shape index (κ3) is 2.81. The number of pyridine rings is 1. The molecule has 0 radical (unpaired) electrons. The highest BCUT2D eigenvalue weighted by molar-refractivity contribution is 5.76. The van der Waals surface area contributed by atoms with E-state index in [0.717, 1.165) is 17.7 Å². The highest BCUT2D eigenvalue weighted by Gasteiger charge is 1.98. The average Bonchev–Trinajstić information content (AvgIpc) is 2.40. The molecule has 1 heterocycles. The average molecular weight is 228 g/mol.